The molecule has 0 saturated carbocycles. The molecule has 0 bridgehead atoms. The highest BCUT2D eigenvalue weighted by Gasteiger charge is 2.19. The van der Waals surface area contributed by atoms with Gasteiger partial charge in [-0.05, 0) is 38.5 Å². The molecule has 0 aliphatic rings. The van der Waals surface area contributed by atoms with E-state index in [-0.39, 0.29) is 0 Å². The summed E-state index contributed by atoms with van der Waals surface area (Å²) in [5.41, 5.74) is 2.14. The third-order valence-corrected chi connectivity index (χ3v) is 5.95. The predicted molar refractivity (Wildman–Crippen MR) is 108 cm³/mol. The monoisotopic (exact) mass is 379 g/mol. The molecule has 0 saturated heterocycles. The highest BCUT2D eigenvalue weighted by atomic mass is 32.1. The number of anilines is 1. The van der Waals surface area contributed by atoms with Gasteiger partial charge in [0.15, 0.2) is 11.6 Å². The zero-order chi connectivity index (χ0) is 19.1. The summed E-state index contributed by atoms with van der Waals surface area (Å²) in [6, 6.07) is 3.89. The van der Waals surface area contributed by atoms with E-state index < -0.39 is 0 Å². The van der Waals surface area contributed by atoms with Crippen molar-refractivity contribution in [3.05, 3.63) is 46.6 Å². The zero-order valence-electron chi connectivity index (χ0n) is 16.1. The largest absolute Gasteiger partial charge is 0.351 e. The maximum Gasteiger partial charge on any atom is 0.164 e. The van der Waals surface area contributed by atoms with Gasteiger partial charge in [-0.1, -0.05) is 0 Å². The first-order valence-electron chi connectivity index (χ1n) is 8.70. The van der Waals surface area contributed by atoms with Crippen LogP contribution in [0.5, 0.6) is 0 Å². The zero-order valence-corrected chi connectivity index (χ0v) is 16.9. The number of rotatable bonds is 4. The van der Waals surface area contributed by atoms with Crippen LogP contribution in [0.15, 0.2) is 24.5 Å². The number of pyridine rings is 1. The van der Waals surface area contributed by atoms with Crippen LogP contribution in [0.1, 0.15) is 22.1 Å². The first kappa shape index (κ1) is 17.5. The molecule has 0 aromatic carbocycles. The van der Waals surface area contributed by atoms with Gasteiger partial charge in [0.25, 0.3) is 0 Å². The van der Waals surface area contributed by atoms with Gasteiger partial charge in [0.1, 0.15) is 16.5 Å². The number of nitrogens with zero attached hydrogens (tertiary/aromatic N) is 7. The molecule has 138 valence electrons. The second-order valence-electron chi connectivity index (χ2n) is 6.65. The van der Waals surface area contributed by atoms with Crippen molar-refractivity contribution in [2.45, 2.75) is 27.3 Å². The average molecular weight is 379 g/mol. The molecule has 8 heteroatoms. The molecule has 4 heterocycles. The molecule has 0 atom stereocenters. The van der Waals surface area contributed by atoms with Gasteiger partial charge in [-0.2, -0.15) is 0 Å². The summed E-state index contributed by atoms with van der Waals surface area (Å²) < 4.78 is 2.00. The molecule has 0 radical (unpaired) electrons. The summed E-state index contributed by atoms with van der Waals surface area (Å²) in [7, 11) is 4.01. The van der Waals surface area contributed by atoms with Crippen molar-refractivity contribution >= 4 is 27.4 Å². The summed E-state index contributed by atoms with van der Waals surface area (Å²) in [5.74, 6) is 3.38. The van der Waals surface area contributed by atoms with Crippen molar-refractivity contribution in [3.8, 4) is 11.4 Å². The van der Waals surface area contributed by atoms with Gasteiger partial charge < -0.3 is 9.47 Å². The van der Waals surface area contributed by atoms with Crippen molar-refractivity contribution in [2.24, 2.45) is 7.05 Å². The molecule has 7 nitrogen and oxygen atoms in total. The van der Waals surface area contributed by atoms with Crippen LogP contribution < -0.4 is 4.90 Å². The number of aromatic nitrogens is 6. The van der Waals surface area contributed by atoms with Gasteiger partial charge in [-0.3, -0.25) is 4.98 Å². The molecule has 0 fully saturated rings. The number of thiophene rings is 1. The van der Waals surface area contributed by atoms with E-state index in [0.29, 0.717) is 12.4 Å². The van der Waals surface area contributed by atoms with Gasteiger partial charge in [-0.25, -0.2) is 9.97 Å². The summed E-state index contributed by atoms with van der Waals surface area (Å²) in [6.45, 7) is 6.82. The number of hydrogen-bond donors (Lipinski definition) is 0. The molecule has 4 aromatic rings. The van der Waals surface area contributed by atoms with Crippen LogP contribution in [0.25, 0.3) is 21.6 Å². The summed E-state index contributed by atoms with van der Waals surface area (Å²) in [6.07, 6.45) is 3.55. The predicted octanol–water partition coefficient (Wildman–Crippen LogP) is 3.44. The molecule has 0 amide bonds. The highest BCUT2D eigenvalue weighted by molar-refractivity contribution is 7.18. The summed E-state index contributed by atoms with van der Waals surface area (Å²) in [5, 5.41) is 9.55. The van der Waals surface area contributed by atoms with E-state index in [0.717, 1.165) is 33.2 Å². The number of hydrogen-bond acceptors (Lipinski definition) is 7. The Bertz CT molecular complexity index is 1110. The van der Waals surface area contributed by atoms with Crippen molar-refractivity contribution in [1.82, 2.24) is 29.7 Å². The minimum absolute atomic E-state index is 0.615. The topological polar surface area (TPSA) is 72.6 Å². The summed E-state index contributed by atoms with van der Waals surface area (Å²) >= 11 is 1.70. The van der Waals surface area contributed by atoms with E-state index in [1.807, 2.05) is 37.7 Å². The molecule has 27 heavy (non-hydrogen) atoms. The number of fused-ring (bicyclic) bond motifs is 1. The molecule has 0 spiro atoms. The van der Waals surface area contributed by atoms with Crippen molar-refractivity contribution in [1.29, 1.82) is 0 Å². The second kappa shape index (κ2) is 6.70. The molecular weight excluding hydrogens is 358 g/mol. The molecule has 0 unspecified atom stereocenters. The maximum absolute atomic E-state index is 4.90. The van der Waals surface area contributed by atoms with E-state index in [4.69, 9.17) is 9.97 Å². The lowest BCUT2D eigenvalue weighted by molar-refractivity contribution is 0.743. The fraction of sp³-hybridized carbons (Fsp3) is 0.316. The van der Waals surface area contributed by atoms with Crippen LogP contribution in [0.3, 0.4) is 0 Å². The number of aryl methyl sites for hydroxylation is 3. The van der Waals surface area contributed by atoms with Crippen LogP contribution in [-0.4, -0.2) is 36.8 Å². The lowest BCUT2D eigenvalue weighted by atomic mass is 10.2. The van der Waals surface area contributed by atoms with E-state index in [1.54, 1.807) is 23.7 Å². The molecule has 0 N–H and O–H groups in total. The molecular formula is C19H21N7S. The van der Waals surface area contributed by atoms with Gasteiger partial charge in [0, 0.05) is 36.9 Å². The minimum Gasteiger partial charge on any atom is -0.351 e. The van der Waals surface area contributed by atoms with Crippen LogP contribution in [0.4, 0.5) is 5.82 Å². The fourth-order valence-corrected chi connectivity index (χ4v) is 4.03. The Labute approximate surface area is 161 Å². The Morgan fingerprint density at radius 2 is 1.96 bits per heavy atom. The maximum atomic E-state index is 4.90. The highest BCUT2D eigenvalue weighted by Crippen LogP contribution is 2.36. The van der Waals surface area contributed by atoms with Crippen LogP contribution in [0, 0.1) is 20.8 Å². The van der Waals surface area contributed by atoms with Crippen LogP contribution >= 0.6 is 11.3 Å². The van der Waals surface area contributed by atoms with Gasteiger partial charge in [-0.15, -0.1) is 21.5 Å². The Balaban J connectivity index is 1.85. The average Bonchev–Trinajstić information content (AvgIpc) is 3.14. The van der Waals surface area contributed by atoms with Gasteiger partial charge in [0.05, 0.1) is 11.9 Å². The normalized spacial score (nSPS) is 11.3. The lowest BCUT2D eigenvalue weighted by Crippen LogP contribution is -2.21. The van der Waals surface area contributed by atoms with E-state index in [9.17, 15) is 0 Å². The smallest absolute Gasteiger partial charge is 0.164 e. The van der Waals surface area contributed by atoms with E-state index in [1.165, 1.54) is 10.4 Å². The molecule has 4 aromatic heterocycles. The second-order valence-corrected chi connectivity index (χ2v) is 7.86. The van der Waals surface area contributed by atoms with Crippen molar-refractivity contribution in [2.75, 3.05) is 11.9 Å². The fourth-order valence-electron chi connectivity index (χ4n) is 3.00. The van der Waals surface area contributed by atoms with Gasteiger partial charge in [0.2, 0.25) is 0 Å². The van der Waals surface area contributed by atoms with Crippen LogP contribution in [-0.2, 0) is 13.6 Å². The first-order chi connectivity index (χ1) is 13.0. The third-order valence-electron chi connectivity index (χ3n) is 4.85. The van der Waals surface area contributed by atoms with E-state index >= 15 is 0 Å². The van der Waals surface area contributed by atoms with Crippen molar-refractivity contribution in [3.63, 3.8) is 0 Å². The standard InChI is InChI=1S/C19H21N7S/c1-11-12(2)27-19-16(11)18(21-17(22-19)14-7-6-8-20-9-14)25(4)10-15-24-23-13(3)26(15)5/h6-9H,10H2,1-5H3. The van der Waals surface area contributed by atoms with Crippen LogP contribution in [0.2, 0.25) is 0 Å². The molecule has 0 aliphatic heterocycles. The summed E-state index contributed by atoms with van der Waals surface area (Å²) in [4.78, 5) is 18.3. The Morgan fingerprint density at radius 1 is 1.15 bits per heavy atom. The first-order valence-corrected chi connectivity index (χ1v) is 9.51. The molecule has 4 rings (SSSR count). The van der Waals surface area contributed by atoms with Gasteiger partial charge >= 0.3 is 0 Å². The SMILES string of the molecule is Cc1sc2nc(-c3cccnc3)nc(N(C)Cc3nnc(C)n3C)c2c1C. The third kappa shape index (κ3) is 3.06. The van der Waals surface area contributed by atoms with E-state index in [2.05, 4.69) is 33.9 Å². The Morgan fingerprint density at radius 3 is 2.63 bits per heavy atom. The minimum atomic E-state index is 0.615. The quantitative estimate of drug-likeness (QED) is 0.541. The van der Waals surface area contributed by atoms with Crippen molar-refractivity contribution < 1.29 is 0 Å². The molecule has 0 aliphatic carbocycles. The Kier molecular flexibility index (Phi) is 4.35. The lowest BCUT2D eigenvalue weighted by Gasteiger charge is -2.19. The Hall–Kier alpha value is -2.87.